The molecule has 44 heavy (non-hydrogen) atoms. The van der Waals surface area contributed by atoms with E-state index in [0.29, 0.717) is 49.1 Å². The molecule has 1 fully saturated rings. The van der Waals surface area contributed by atoms with Crippen LogP contribution in [0.25, 0.3) is 22.2 Å². The Morgan fingerprint density at radius 3 is 2.32 bits per heavy atom. The van der Waals surface area contributed by atoms with Gasteiger partial charge in [-0.05, 0) is 63.3 Å². The van der Waals surface area contributed by atoms with Crippen molar-refractivity contribution in [1.82, 2.24) is 14.5 Å². The number of esters is 1. The Morgan fingerprint density at radius 2 is 1.73 bits per heavy atom. The summed E-state index contributed by atoms with van der Waals surface area (Å²) in [5, 5.41) is 0.429. The van der Waals surface area contributed by atoms with Crippen molar-refractivity contribution in [3.05, 3.63) is 47.8 Å². The lowest BCUT2D eigenvalue weighted by Crippen LogP contribution is -2.42. The van der Waals surface area contributed by atoms with Gasteiger partial charge in [-0.15, -0.1) is 0 Å². The molecule has 0 N–H and O–H groups in total. The molecule has 4 rings (SSSR count). The van der Waals surface area contributed by atoms with Crippen molar-refractivity contribution < 1.29 is 37.3 Å². The summed E-state index contributed by atoms with van der Waals surface area (Å²) in [6, 6.07) is 4.24. The maximum Gasteiger partial charge on any atom is 0.410 e. The number of halogens is 2. The molecule has 3 aromatic rings. The summed E-state index contributed by atoms with van der Waals surface area (Å²) in [6.07, 6.45) is 4.11. The van der Waals surface area contributed by atoms with Crippen LogP contribution in [0.1, 0.15) is 44.0 Å². The zero-order valence-electron chi connectivity index (χ0n) is 26.7. The summed E-state index contributed by atoms with van der Waals surface area (Å²) in [6.45, 7) is 14.3. The first-order valence-electron chi connectivity index (χ1n) is 14.9. The van der Waals surface area contributed by atoms with Crippen molar-refractivity contribution in [3.63, 3.8) is 0 Å². The zero-order valence-corrected chi connectivity index (χ0v) is 27.7. The molecule has 1 aromatic carbocycles. The summed E-state index contributed by atoms with van der Waals surface area (Å²) in [5.74, 6) is -1.81. The summed E-state index contributed by atoms with van der Waals surface area (Å²) >= 11 is 0. The SMILES string of the molecule is COC(=O)c1cnc2c(c(-c3cc(F)cc(F)c3)cn2COCC[Si](C)(C)C)c1OCC1CCN(C(=O)OC(C)(C)C)CC1. The quantitative estimate of drug-likeness (QED) is 0.134. The van der Waals surface area contributed by atoms with Gasteiger partial charge in [-0.3, -0.25) is 0 Å². The second kappa shape index (κ2) is 13.6. The van der Waals surface area contributed by atoms with Crippen molar-refractivity contribution in [3.8, 4) is 16.9 Å². The van der Waals surface area contributed by atoms with E-state index in [0.717, 1.165) is 12.1 Å². The molecular weight excluding hydrogens is 588 g/mol. The maximum atomic E-state index is 14.4. The predicted molar refractivity (Wildman–Crippen MR) is 167 cm³/mol. The minimum Gasteiger partial charge on any atom is -0.492 e. The summed E-state index contributed by atoms with van der Waals surface area (Å²) in [7, 11) is -0.0576. The number of ether oxygens (including phenoxy) is 4. The molecule has 12 heteroatoms. The first-order chi connectivity index (χ1) is 20.6. The van der Waals surface area contributed by atoms with Gasteiger partial charge in [0.15, 0.2) is 0 Å². The van der Waals surface area contributed by atoms with Crippen LogP contribution in [0.4, 0.5) is 13.6 Å². The van der Waals surface area contributed by atoms with Crippen LogP contribution in [0.2, 0.25) is 25.7 Å². The van der Waals surface area contributed by atoms with Crippen LogP contribution in [-0.4, -0.2) is 73.6 Å². The monoisotopic (exact) mass is 631 g/mol. The number of pyridine rings is 1. The van der Waals surface area contributed by atoms with Crippen LogP contribution in [0.5, 0.6) is 5.75 Å². The van der Waals surface area contributed by atoms with Gasteiger partial charge in [0.1, 0.15) is 40.9 Å². The largest absolute Gasteiger partial charge is 0.492 e. The molecule has 9 nitrogen and oxygen atoms in total. The number of fused-ring (bicyclic) bond motifs is 1. The second-order valence-corrected chi connectivity index (χ2v) is 19.1. The molecule has 0 bridgehead atoms. The van der Waals surface area contributed by atoms with E-state index in [1.54, 1.807) is 15.7 Å². The molecule has 240 valence electrons. The van der Waals surface area contributed by atoms with Crippen molar-refractivity contribution in [1.29, 1.82) is 0 Å². The fraction of sp³-hybridized carbons (Fsp3) is 0.531. The van der Waals surface area contributed by atoms with E-state index >= 15 is 0 Å². The lowest BCUT2D eigenvalue weighted by molar-refractivity contribution is 0.0164. The number of benzene rings is 1. The maximum absolute atomic E-state index is 14.4. The highest BCUT2D eigenvalue weighted by atomic mass is 28.3. The lowest BCUT2D eigenvalue weighted by Gasteiger charge is -2.33. The molecule has 1 aliphatic rings. The molecule has 0 saturated carbocycles. The molecule has 1 saturated heterocycles. The second-order valence-electron chi connectivity index (χ2n) is 13.4. The van der Waals surface area contributed by atoms with Gasteiger partial charge in [0, 0.05) is 51.8 Å². The lowest BCUT2D eigenvalue weighted by atomic mass is 9.98. The minimum atomic E-state index is -1.32. The first-order valence-corrected chi connectivity index (χ1v) is 18.6. The van der Waals surface area contributed by atoms with Gasteiger partial charge in [-0.25, -0.2) is 23.4 Å². The number of aromatic nitrogens is 2. The van der Waals surface area contributed by atoms with E-state index in [-0.39, 0.29) is 42.2 Å². The van der Waals surface area contributed by atoms with Crippen LogP contribution < -0.4 is 4.74 Å². The molecule has 0 unspecified atom stereocenters. The number of hydrogen-bond donors (Lipinski definition) is 0. The Balaban J connectivity index is 1.67. The summed E-state index contributed by atoms with van der Waals surface area (Å²) in [4.78, 5) is 31.6. The summed E-state index contributed by atoms with van der Waals surface area (Å²) in [5.41, 5.74) is 0.682. The highest BCUT2D eigenvalue weighted by molar-refractivity contribution is 6.76. The Kier molecular flexibility index (Phi) is 10.3. The van der Waals surface area contributed by atoms with Gasteiger partial charge in [0.25, 0.3) is 0 Å². The van der Waals surface area contributed by atoms with E-state index in [1.165, 1.54) is 25.4 Å². The van der Waals surface area contributed by atoms with E-state index in [9.17, 15) is 18.4 Å². The molecule has 1 aliphatic heterocycles. The average Bonchev–Trinajstić information content (AvgIpc) is 3.31. The van der Waals surface area contributed by atoms with Gasteiger partial charge in [0.2, 0.25) is 0 Å². The van der Waals surface area contributed by atoms with Crippen molar-refractivity contribution >= 4 is 31.2 Å². The van der Waals surface area contributed by atoms with E-state index in [2.05, 4.69) is 24.6 Å². The van der Waals surface area contributed by atoms with Crippen LogP contribution >= 0.6 is 0 Å². The number of methoxy groups -OCH3 is 1. The number of amides is 1. The fourth-order valence-corrected chi connectivity index (χ4v) is 5.77. The third-order valence-electron chi connectivity index (χ3n) is 7.37. The number of carbonyl (C=O) groups is 2. The zero-order chi connectivity index (χ0) is 32.2. The topological polar surface area (TPSA) is 92.1 Å². The molecule has 0 spiro atoms. The average molecular weight is 632 g/mol. The van der Waals surface area contributed by atoms with E-state index in [4.69, 9.17) is 18.9 Å². The molecular formula is C32H43F2N3O6Si. The standard InChI is InChI=1S/C32H43F2N3O6Si/c1-32(2,3)43-31(39)36-10-8-21(9-11-36)19-42-28-25(30(38)40-4)17-35-29-27(28)26(22-14-23(33)16-24(34)15-22)18-37(29)20-41-12-13-44(5,6)7/h14-18,21H,8-13,19-20H2,1-7H3. The van der Waals surface area contributed by atoms with Crippen LogP contribution in [-0.2, 0) is 20.9 Å². The Labute approximate surface area is 258 Å². The normalized spacial score (nSPS) is 14.6. The third kappa shape index (κ3) is 8.56. The van der Waals surface area contributed by atoms with Crippen molar-refractivity contribution in [2.75, 3.05) is 33.4 Å². The highest BCUT2D eigenvalue weighted by Crippen LogP contribution is 2.39. The fourth-order valence-electron chi connectivity index (χ4n) is 5.01. The summed E-state index contributed by atoms with van der Waals surface area (Å²) < 4.78 is 53.4. The number of nitrogens with zero attached hydrogens (tertiary/aromatic N) is 3. The number of carbonyl (C=O) groups excluding carboxylic acids is 2. The van der Waals surface area contributed by atoms with Crippen LogP contribution in [0, 0.1) is 17.6 Å². The third-order valence-corrected chi connectivity index (χ3v) is 9.08. The number of rotatable bonds is 10. The Bertz CT molecular complexity index is 1470. The molecule has 2 aromatic heterocycles. The first kappa shape index (κ1) is 33.4. The molecule has 0 aliphatic carbocycles. The smallest absolute Gasteiger partial charge is 0.410 e. The van der Waals surface area contributed by atoms with Gasteiger partial charge in [0.05, 0.1) is 19.1 Å². The van der Waals surface area contributed by atoms with Gasteiger partial charge < -0.3 is 28.4 Å². The number of likely N-dealkylation sites (tertiary alicyclic amines) is 1. The van der Waals surface area contributed by atoms with Gasteiger partial charge >= 0.3 is 12.1 Å². The Hall–Kier alpha value is -3.51. The highest BCUT2D eigenvalue weighted by Gasteiger charge is 2.29. The van der Waals surface area contributed by atoms with Gasteiger partial charge in [-0.2, -0.15) is 0 Å². The van der Waals surface area contributed by atoms with Gasteiger partial charge in [-0.1, -0.05) is 19.6 Å². The molecule has 1 amide bonds. The van der Waals surface area contributed by atoms with Crippen molar-refractivity contribution in [2.45, 2.75) is 71.6 Å². The van der Waals surface area contributed by atoms with E-state index < -0.39 is 31.3 Å². The molecule has 3 heterocycles. The number of hydrogen-bond acceptors (Lipinski definition) is 7. The molecule has 0 radical (unpaired) electrons. The molecule has 0 atom stereocenters. The Morgan fingerprint density at radius 1 is 1.07 bits per heavy atom. The van der Waals surface area contributed by atoms with Crippen LogP contribution in [0.15, 0.2) is 30.6 Å². The van der Waals surface area contributed by atoms with Crippen molar-refractivity contribution in [2.24, 2.45) is 5.92 Å². The van der Waals surface area contributed by atoms with Crippen LogP contribution in [0.3, 0.4) is 0 Å². The predicted octanol–water partition coefficient (Wildman–Crippen LogP) is 7.11. The number of piperidine rings is 1. The minimum absolute atomic E-state index is 0.0875. The van der Waals surface area contributed by atoms with E-state index in [1.807, 2.05) is 20.8 Å².